The van der Waals surface area contributed by atoms with E-state index in [9.17, 15) is 13.2 Å². The van der Waals surface area contributed by atoms with Crippen LogP contribution in [0.5, 0.6) is 0 Å². The van der Waals surface area contributed by atoms with Crippen molar-refractivity contribution in [1.29, 1.82) is 0 Å². The molecule has 38 heavy (non-hydrogen) atoms. The van der Waals surface area contributed by atoms with Gasteiger partial charge in [-0.15, -0.1) is 13.2 Å². The number of aromatic amines is 1. The summed E-state index contributed by atoms with van der Waals surface area (Å²) in [5.74, 6) is 1.10. The summed E-state index contributed by atoms with van der Waals surface area (Å²) in [4.78, 5) is 15.7. The Morgan fingerprint density at radius 1 is 1.21 bits per heavy atom. The predicted octanol–water partition coefficient (Wildman–Crippen LogP) is 7.87. The van der Waals surface area contributed by atoms with E-state index in [1.54, 1.807) is 13.1 Å². The molecular weight excluding hydrogens is 513 g/mol. The molecule has 1 heterocycles. The number of rotatable bonds is 12. The van der Waals surface area contributed by atoms with Gasteiger partial charge in [0.25, 0.3) is 0 Å². The van der Waals surface area contributed by atoms with Gasteiger partial charge in [0.15, 0.2) is 5.82 Å². The number of nitrogens with zero attached hydrogens (tertiary/aromatic N) is 3. The molecule has 1 aromatic heterocycles. The highest BCUT2D eigenvalue weighted by atomic mass is 35.5. The number of amidine groups is 1. The SMILES string of the molecule is C/C=C(\C=NC)CCCNc1nc(Cl)[nH]c1C(N)=NCCCCC.C=C.CCc1cccc(C(F)(F)F)c1. The zero-order valence-corrected chi connectivity index (χ0v) is 23.7. The summed E-state index contributed by atoms with van der Waals surface area (Å²) < 4.78 is 36.3. The average Bonchev–Trinajstić information content (AvgIpc) is 3.29. The van der Waals surface area contributed by atoms with Gasteiger partial charge >= 0.3 is 6.18 Å². The Kier molecular flexibility index (Phi) is 18.4. The van der Waals surface area contributed by atoms with Crippen molar-refractivity contribution in [2.45, 2.75) is 65.5 Å². The quantitative estimate of drug-likeness (QED) is 0.108. The van der Waals surface area contributed by atoms with Crippen LogP contribution in [-0.4, -0.2) is 42.2 Å². The van der Waals surface area contributed by atoms with Crippen molar-refractivity contribution in [1.82, 2.24) is 9.97 Å². The second-order valence-electron chi connectivity index (χ2n) is 8.06. The van der Waals surface area contributed by atoms with E-state index < -0.39 is 11.7 Å². The fourth-order valence-electron chi connectivity index (χ4n) is 3.21. The number of allylic oxidation sites excluding steroid dienone is 2. The molecule has 6 nitrogen and oxygen atoms in total. The third kappa shape index (κ3) is 14.0. The summed E-state index contributed by atoms with van der Waals surface area (Å²) in [6, 6.07) is 5.38. The van der Waals surface area contributed by atoms with Gasteiger partial charge in [-0.2, -0.15) is 13.2 Å². The lowest BCUT2D eigenvalue weighted by molar-refractivity contribution is -0.137. The number of aromatic nitrogens is 2. The second kappa shape index (κ2) is 20.0. The summed E-state index contributed by atoms with van der Waals surface area (Å²) in [6.07, 6.45) is 5.64. The standard InChI is InChI=1S/C17H29ClN6.C9H9F3.C2H4/c1-4-6-7-10-21-15(19)14-16(24-17(18)23-14)22-11-8-9-13(5-2)12-20-3;1-2-7-4-3-5-8(6-7)9(10,11)12;1-2/h5,12,22H,4,6-11H2,1-3H3,(H2,19,21)(H,23,24);3-6H,2H2,1H3;1-2H2/b13-5-,20-12?;;. The van der Waals surface area contributed by atoms with Crippen LogP contribution in [0.15, 0.2) is 59.1 Å². The van der Waals surface area contributed by atoms with E-state index in [1.807, 2.05) is 20.1 Å². The first-order valence-electron chi connectivity index (χ1n) is 12.7. The maximum absolute atomic E-state index is 12.1. The normalized spacial score (nSPS) is 12.0. The van der Waals surface area contributed by atoms with Crippen molar-refractivity contribution < 1.29 is 13.2 Å². The Bertz CT molecular complexity index is 1010. The summed E-state index contributed by atoms with van der Waals surface area (Å²) in [7, 11) is 1.78. The minimum Gasteiger partial charge on any atom is -0.382 e. The van der Waals surface area contributed by atoms with Gasteiger partial charge in [0, 0.05) is 26.4 Å². The maximum atomic E-state index is 12.1. The number of hydrogen-bond donors (Lipinski definition) is 3. The first-order valence-corrected chi connectivity index (χ1v) is 13.1. The number of nitrogens with two attached hydrogens (primary N) is 1. The Morgan fingerprint density at radius 2 is 1.92 bits per heavy atom. The molecule has 0 bridgehead atoms. The molecule has 0 aliphatic heterocycles. The molecule has 0 amide bonds. The van der Waals surface area contributed by atoms with Gasteiger partial charge < -0.3 is 16.0 Å². The van der Waals surface area contributed by atoms with Gasteiger partial charge in [-0.25, -0.2) is 4.98 Å². The van der Waals surface area contributed by atoms with Crippen LogP contribution in [0.2, 0.25) is 5.28 Å². The molecule has 0 atom stereocenters. The zero-order chi connectivity index (χ0) is 29.0. The van der Waals surface area contributed by atoms with Gasteiger partial charge in [-0.05, 0) is 61.4 Å². The molecule has 2 aromatic rings. The Balaban J connectivity index is 0.000000815. The minimum absolute atomic E-state index is 0.312. The maximum Gasteiger partial charge on any atom is 0.416 e. The Morgan fingerprint density at radius 3 is 2.50 bits per heavy atom. The number of aliphatic imine (C=N–C) groups is 2. The van der Waals surface area contributed by atoms with Crippen LogP contribution < -0.4 is 11.1 Å². The van der Waals surface area contributed by atoms with Crippen LogP contribution in [0, 0.1) is 0 Å². The van der Waals surface area contributed by atoms with Crippen LogP contribution in [-0.2, 0) is 12.6 Å². The van der Waals surface area contributed by atoms with Crippen molar-refractivity contribution in [2.24, 2.45) is 15.7 Å². The Hall–Kier alpha value is -3.07. The number of alkyl halides is 3. The van der Waals surface area contributed by atoms with Crippen LogP contribution >= 0.6 is 11.6 Å². The number of anilines is 1. The highest BCUT2D eigenvalue weighted by molar-refractivity contribution is 6.28. The third-order valence-corrected chi connectivity index (χ3v) is 5.42. The molecule has 1 aromatic carbocycles. The van der Waals surface area contributed by atoms with Gasteiger partial charge in [0.05, 0.1) is 5.56 Å². The molecule has 0 radical (unpaired) electrons. The lowest BCUT2D eigenvalue weighted by Gasteiger charge is -2.06. The number of H-pyrrole nitrogens is 1. The molecule has 0 saturated carbocycles. The smallest absolute Gasteiger partial charge is 0.382 e. The van der Waals surface area contributed by atoms with Gasteiger partial charge in [-0.3, -0.25) is 9.98 Å². The van der Waals surface area contributed by atoms with Gasteiger partial charge in [0.1, 0.15) is 11.5 Å². The van der Waals surface area contributed by atoms with E-state index in [0.717, 1.165) is 51.3 Å². The molecule has 10 heteroatoms. The number of unbranched alkanes of at least 4 members (excludes halogenated alkanes) is 2. The molecule has 0 spiro atoms. The zero-order valence-electron chi connectivity index (χ0n) is 23.0. The van der Waals surface area contributed by atoms with Gasteiger partial charge in [-0.1, -0.05) is 51.0 Å². The first-order chi connectivity index (χ1) is 18.2. The van der Waals surface area contributed by atoms with E-state index >= 15 is 0 Å². The topological polar surface area (TPSA) is 91.5 Å². The molecular formula is C28H42ClF3N6. The number of nitrogens with one attached hydrogen (secondary N) is 2. The second-order valence-corrected chi connectivity index (χ2v) is 8.42. The Labute approximate surface area is 230 Å². The molecule has 4 N–H and O–H groups in total. The van der Waals surface area contributed by atoms with Crippen molar-refractivity contribution >= 4 is 29.5 Å². The lowest BCUT2D eigenvalue weighted by Crippen LogP contribution is -2.17. The average molecular weight is 555 g/mol. The van der Waals surface area contributed by atoms with E-state index in [0.29, 0.717) is 34.6 Å². The highest BCUT2D eigenvalue weighted by Gasteiger charge is 2.30. The van der Waals surface area contributed by atoms with E-state index in [2.05, 4.69) is 51.4 Å². The largest absolute Gasteiger partial charge is 0.416 e. The van der Waals surface area contributed by atoms with E-state index in [1.165, 1.54) is 17.7 Å². The van der Waals surface area contributed by atoms with Crippen LogP contribution in [0.4, 0.5) is 19.0 Å². The molecule has 0 saturated heterocycles. The van der Waals surface area contributed by atoms with Crippen molar-refractivity contribution in [3.8, 4) is 0 Å². The summed E-state index contributed by atoms with van der Waals surface area (Å²) in [5.41, 5.74) is 8.09. The van der Waals surface area contributed by atoms with E-state index in [4.69, 9.17) is 17.3 Å². The van der Waals surface area contributed by atoms with Crippen molar-refractivity contribution in [2.75, 3.05) is 25.5 Å². The molecule has 0 aliphatic carbocycles. The lowest BCUT2D eigenvalue weighted by atomic mass is 10.1. The van der Waals surface area contributed by atoms with E-state index in [-0.39, 0.29) is 0 Å². The summed E-state index contributed by atoms with van der Waals surface area (Å²) in [5, 5.41) is 3.59. The van der Waals surface area contributed by atoms with Crippen LogP contribution in [0.1, 0.15) is 69.7 Å². The van der Waals surface area contributed by atoms with Crippen LogP contribution in [0.25, 0.3) is 0 Å². The van der Waals surface area contributed by atoms with Crippen molar-refractivity contribution in [3.63, 3.8) is 0 Å². The monoisotopic (exact) mass is 554 g/mol. The fourth-order valence-corrected chi connectivity index (χ4v) is 3.39. The number of imidazole rings is 1. The number of hydrogen-bond acceptors (Lipinski definition) is 4. The first kappa shape index (κ1) is 34.9. The third-order valence-electron chi connectivity index (χ3n) is 5.24. The summed E-state index contributed by atoms with van der Waals surface area (Å²) >= 11 is 5.98. The van der Waals surface area contributed by atoms with Crippen molar-refractivity contribution in [3.05, 3.63) is 71.2 Å². The number of benzene rings is 1. The van der Waals surface area contributed by atoms with Crippen LogP contribution in [0.3, 0.4) is 0 Å². The predicted molar refractivity (Wildman–Crippen MR) is 157 cm³/mol. The molecule has 0 aliphatic rings. The molecule has 0 fully saturated rings. The number of aryl methyl sites for hydroxylation is 1. The molecule has 2 rings (SSSR count). The number of halogens is 4. The molecule has 0 unspecified atom stereocenters. The molecule has 212 valence electrons. The fraction of sp³-hybridized carbons (Fsp3) is 0.464. The highest BCUT2D eigenvalue weighted by Crippen LogP contribution is 2.29. The summed E-state index contributed by atoms with van der Waals surface area (Å²) in [6.45, 7) is 13.5. The minimum atomic E-state index is -4.22. The van der Waals surface area contributed by atoms with Gasteiger partial charge in [0.2, 0.25) is 5.28 Å².